The molecule has 2 N–H and O–H groups in total. The zero-order valence-electron chi connectivity index (χ0n) is 15.2. The predicted octanol–water partition coefficient (Wildman–Crippen LogP) is 0.947. The Morgan fingerprint density at radius 1 is 1.32 bits per heavy atom. The van der Waals surface area contributed by atoms with Gasteiger partial charge in [0.05, 0.1) is 11.6 Å². The van der Waals surface area contributed by atoms with Crippen LogP contribution in [-0.2, 0) is 18.4 Å². The molecule has 0 spiro atoms. The van der Waals surface area contributed by atoms with Gasteiger partial charge in [-0.15, -0.1) is 0 Å². The van der Waals surface area contributed by atoms with Crippen molar-refractivity contribution in [2.75, 3.05) is 7.11 Å². The van der Waals surface area contributed by atoms with Crippen molar-refractivity contribution < 1.29 is 9.53 Å². The number of hydrogen-bond donors (Lipinski definition) is 2. The monoisotopic (exact) mass is 447 g/mol. The normalized spacial score (nSPS) is 11.8. The molecule has 1 amide bonds. The summed E-state index contributed by atoms with van der Waals surface area (Å²) < 4.78 is 8.26. The number of aromatic amines is 1. The van der Waals surface area contributed by atoms with Gasteiger partial charge in [0.1, 0.15) is 24.2 Å². The number of nitrogens with zero attached hydrogens (tertiary/aromatic N) is 3. The molecule has 0 aliphatic heterocycles. The fourth-order valence-corrected chi connectivity index (χ4v) is 3.06. The van der Waals surface area contributed by atoms with Gasteiger partial charge < -0.3 is 14.6 Å². The maximum absolute atomic E-state index is 12.6. The van der Waals surface area contributed by atoms with Crippen LogP contribution in [0.15, 0.2) is 56.9 Å². The lowest BCUT2D eigenvalue weighted by atomic mass is 10.1. The van der Waals surface area contributed by atoms with Crippen molar-refractivity contribution in [1.82, 2.24) is 24.4 Å². The second-order valence-corrected chi connectivity index (χ2v) is 6.89. The molecule has 10 heteroatoms. The Balaban J connectivity index is 1.88. The second-order valence-electron chi connectivity index (χ2n) is 6.03. The first-order valence-electron chi connectivity index (χ1n) is 8.29. The van der Waals surface area contributed by atoms with Gasteiger partial charge in [-0.1, -0.05) is 12.1 Å². The summed E-state index contributed by atoms with van der Waals surface area (Å²) in [5.74, 6) is 0.914. The summed E-state index contributed by atoms with van der Waals surface area (Å²) in [4.78, 5) is 42.5. The van der Waals surface area contributed by atoms with Crippen molar-refractivity contribution in [3.8, 4) is 5.75 Å². The van der Waals surface area contributed by atoms with Crippen LogP contribution < -0.4 is 21.3 Å². The fourth-order valence-electron chi connectivity index (χ4n) is 2.71. The lowest BCUT2D eigenvalue weighted by molar-refractivity contribution is -0.122. The number of carbonyl (C=O) groups is 1. The number of rotatable bonds is 6. The highest BCUT2D eigenvalue weighted by atomic mass is 79.9. The van der Waals surface area contributed by atoms with Gasteiger partial charge in [0, 0.05) is 25.6 Å². The molecule has 0 radical (unpaired) electrons. The number of imidazole rings is 1. The van der Waals surface area contributed by atoms with Gasteiger partial charge in [-0.25, -0.2) is 9.78 Å². The summed E-state index contributed by atoms with van der Waals surface area (Å²) in [6.07, 6.45) is 4.70. The Labute approximate surface area is 168 Å². The minimum Gasteiger partial charge on any atom is -0.497 e. The maximum atomic E-state index is 12.6. The molecule has 3 aromatic rings. The standard InChI is InChI=1S/C18H18BrN5O4/c1-23-8-7-20-16(23)15(11-3-5-12(28-2)6-4-11)21-14(25)10-24-9-13(19)17(26)22-18(24)27/h3-9,15H,10H2,1-2H3,(H,21,25)(H,22,26,27). The number of ether oxygens (including phenoxy) is 1. The van der Waals surface area contributed by atoms with Crippen molar-refractivity contribution in [3.63, 3.8) is 0 Å². The average molecular weight is 448 g/mol. The van der Waals surface area contributed by atoms with Crippen molar-refractivity contribution in [3.05, 3.63) is 79.6 Å². The highest BCUT2D eigenvalue weighted by Crippen LogP contribution is 2.23. The summed E-state index contributed by atoms with van der Waals surface area (Å²) in [5, 5.41) is 2.89. The number of hydrogen-bond acceptors (Lipinski definition) is 5. The molecule has 28 heavy (non-hydrogen) atoms. The summed E-state index contributed by atoms with van der Waals surface area (Å²) in [6, 6.07) is 6.73. The lowest BCUT2D eigenvalue weighted by Crippen LogP contribution is -2.38. The molecular weight excluding hydrogens is 430 g/mol. The van der Waals surface area contributed by atoms with Crippen molar-refractivity contribution in [2.45, 2.75) is 12.6 Å². The molecule has 1 aromatic carbocycles. The Morgan fingerprint density at radius 3 is 2.64 bits per heavy atom. The highest BCUT2D eigenvalue weighted by Gasteiger charge is 2.21. The van der Waals surface area contributed by atoms with Crippen molar-refractivity contribution in [2.24, 2.45) is 7.05 Å². The quantitative estimate of drug-likeness (QED) is 0.584. The van der Waals surface area contributed by atoms with Gasteiger partial charge in [0.15, 0.2) is 0 Å². The SMILES string of the molecule is COc1ccc(C(NC(=O)Cn2cc(Br)c(=O)[nH]c2=O)c2nccn2C)cc1. The molecule has 0 bridgehead atoms. The summed E-state index contributed by atoms with van der Waals surface area (Å²) in [7, 11) is 3.40. The number of H-pyrrole nitrogens is 1. The zero-order chi connectivity index (χ0) is 20.3. The average Bonchev–Trinajstić information content (AvgIpc) is 3.10. The first kappa shape index (κ1) is 19.6. The number of aryl methyl sites for hydroxylation is 1. The van der Waals surface area contributed by atoms with Gasteiger partial charge in [-0.05, 0) is 33.6 Å². The van der Waals surface area contributed by atoms with Gasteiger partial charge in [-0.3, -0.25) is 19.1 Å². The third-order valence-electron chi connectivity index (χ3n) is 4.15. The third-order valence-corrected chi connectivity index (χ3v) is 4.72. The van der Waals surface area contributed by atoms with E-state index < -0.39 is 23.2 Å². The number of benzene rings is 1. The molecule has 1 unspecified atom stereocenters. The first-order valence-corrected chi connectivity index (χ1v) is 9.08. The number of amides is 1. The van der Waals surface area contributed by atoms with E-state index in [0.29, 0.717) is 11.6 Å². The topological polar surface area (TPSA) is 111 Å². The molecule has 3 rings (SSSR count). The minimum atomic E-state index is -0.665. The fraction of sp³-hybridized carbons (Fsp3) is 0.222. The molecule has 9 nitrogen and oxygen atoms in total. The molecule has 0 fully saturated rings. The van der Waals surface area contributed by atoms with E-state index in [1.54, 1.807) is 36.2 Å². The maximum Gasteiger partial charge on any atom is 0.328 e. The zero-order valence-corrected chi connectivity index (χ0v) is 16.8. The van der Waals surface area contributed by atoms with Crippen LogP contribution in [0.4, 0.5) is 0 Å². The molecule has 0 saturated heterocycles. The Bertz CT molecular complexity index is 1100. The van der Waals surface area contributed by atoms with E-state index in [2.05, 4.69) is 31.2 Å². The smallest absolute Gasteiger partial charge is 0.328 e. The Morgan fingerprint density at radius 2 is 2.04 bits per heavy atom. The van der Waals surface area contributed by atoms with Crippen LogP contribution in [-0.4, -0.2) is 32.1 Å². The first-order chi connectivity index (χ1) is 13.4. The molecule has 0 aliphatic rings. The van der Waals surface area contributed by atoms with Crippen LogP contribution in [0, 0.1) is 0 Å². The van der Waals surface area contributed by atoms with Crippen LogP contribution in [0.5, 0.6) is 5.75 Å². The van der Waals surface area contributed by atoms with Gasteiger partial charge in [-0.2, -0.15) is 0 Å². The van der Waals surface area contributed by atoms with Crippen LogP contribution in [0.1, 0.15) is 17.4 Å². The van der Waals surface area contributed by atoms with Crippen LogP contribution in [0.25, 0.3) is 0 Å². The van der Waals surface area contributed by atoms with E-state index >= 15 is 0 Å². The predicted molar refractivity (Wildman–Crippen MR) is 105 cm³/mol. The Hall–Kier alpha value is -3.14. The van der Waals surface area contributed by atoms with E-state index in [-0.39, 0.29) is 11.0 Å². The van der Waals surface area contributed by atoms with E-state index in [4.69, 9.17) is 4.74 Å². The number of nitrogens with one attached hydrogen (secondary N) is 2. The van der Waals surface area contributed by atoms with E-state index in [9.17, 15) is 14.4 Å². The highest BCUT2D eigenvalue weighted by molar-refractivity contribution is 9.10. The van der Waals surface area contributed by atoms with E-state index in [1.807, 2.05) is 19.2 Å². The third kappa shape index (κ3) is 4.22. The van der Waals surface area contributed by atoms with Gasteiger partial charge in [0.25, 0.3) is 5.56 Å². The minimum absolute atomic E-state index is 0.163. The molecule has 146 valence electrons. The lowest BCUT2D eigenvalue weighted by Gasteiger charge is -2.20. The summed E-state index contributed by atoms with van der Waals surface area (Å²) in [5.41, 5.74) is -0.412. The van der Waals surface area contributed by atoms with Crippen molar-refractivity contribution >= 4 is 21.8 Å². The summed E-state index contributed by atoms with van der Waals surface area (Å²) in [6.45, 7) is -0.259. The number of carbonyl (C=O) groups excluding carboxylic acids is 1. The van der Waals surface area contributed by atoms with Crippen molar-refractivity contribution in [1.29, 1.82) is 0 Å². The molecule has 0 aliphatic carbocycles. The number of aromatic nitrogens is 4. The molecule has 1 atom stereocenters. The van der Waals surface area contributed by atoms with E-state index in [1.165, 1.54) is 6.20 Å². The number of halogens is 1. The molecule has 2 aromatic heterocycles. The Kier molecular flexibility index (Phi) is 5.78. The molecule has 2 heterocycles. The largest absolute Gasteiger partial charge is 0.497 e. The van der Waals surface area contributed by atoms with Gasteiger partial charge >= 0.3 is 5.69 Å². The van der Waals surface area contributed by atoms with Gasteiger partial charge in [0.2, 0.25) is 5.91 Å². The van der Waals surface area contributed by atoms with E-state index in [0.717, 1.165) is 10.1 Å². The molecular formula is C18H18BrN5O4. The summed E-state index contributed by atoms with van der Waals surface area (Å²) >= 11 is 3.05. The van der Waals surface area contributed by atoms with Crippen LogP contribution in [0.3, 0.4) is 0 Å². The van der Waals surface area contributed by atoms with Crippen LogP contribution in [0.2, 0.25) is 0 Å². The second kappa shape index (κ2) is 8.26. The molecule has 0 saturated carbocycles. The van der Waals surface area contributed by atoms with Crippen LogP contribution >= 0.6 is 15.9 Å². The number of methoxy groups -OCH3 is 1.